The molecule has 2 nitrogen and oxygen atoms in total. The molecule has 0 N–H and O–H groups in total. The Morgan fingerprint density at radius 3 is 2.40 bits per heavy atom. The topological polar surface area (TPSA) is 22.4 Å². The number of ether oxygens (including phenoxy) is 1. The summed E-state index contributed by atoms with van der Waals surface area (Å²) in [6, 6.07) is 24.4. The first-order chi connectivity index (χ1) is 12.3. The van der Waals surface area contributed by atoms with Crippen LogP contribution in [0.1, 0.15) is 5.56 Å². The average molecular weight is 326 g/mol. The zero-order chi connectivity index (χ0) is 17.2. The van der Waals surface area contributed by atoms with Gasteiger partial charge in [0, 0.05) is 16.5 Å². The van der Waals surface area contributed by atoms with Crippen LogP contribution in [-0.2, 0) is 0 Å². The molecule has 0 fully saturated rings. The van der Waals surface area contributed by atoms with Gasteiger partial charge < -0.3 is 9.15 Å². The molecule has 0 aliphatic carbocycles. The van der Waals surface area contributed by atoms with Crippen LogP contribution in [0.15, 0.2) is 83.8 Å². The van der Waals surface area contributed by atoms with E-state index in [0.29, 0.717) is 0 Å². The number of hydrogen-bond acceptors (Lipinski definition) is 2. The Morgan fingerprint density at radius 1 is 0.920 bits per heavy atom. The van der Waals surface area contributed by atoms with Crippen molar-refractivity contribution < 1.29 is 9.15 Å². The van der Waals surface area contributed by atoms with Crippen LogP contribution in [0.3, 0.4) is 0 Å². The fraction of sp³-hybridized carbons (Fsp3) is 0.0435. The molecule has 25 heavy (non-hydrogen) atoms. The predicted octanol–water partition coefficient (Wildman–Crippen LogP) is 6.42. The van der Waals surface area contributed by atoms with Gasteiger partial charge in [0.2, 0.25) is 0 Å². The highest BCUT2D eigenvalue weighted by Crippen LogP contribution is 2.41. The smallest absolute Gasteiger partial charge is 0.136 e. The van der Waals surface area contributed by atoms with Gasteiger partial charge in [0.05, 0.1) is 7.11 Å². The minimum absolute atomic E-state index is 0.783. The normalized spacial score (nSPS) is 10.8. The van der Waals surface area contributed by atoms with Crippen molar-refractivity contribution in [1.29, 1.82) is 0 Å². The van der Waals surface area contributed by atoms with E-state index in [9.17, 15) is 0 Å². The quantitative estimate of drug-likeness (QED) is 0.432. The summed E-state index contributed by atoms with van der Waals surface area (Å²) >= 11 is 0. The standard InChI is InChI=1S/C23H18O2/c1-3-18-21(24-2)14-13-19(16-9-5-4-6-10-16)23(18)22-15-17-11-7-8-12-20(17)25-22/h3-15H,1H2,2H3. The third-order valence-corrected chi connectivity index (χ3v) is 4.39. The van der Waals surface area contributed by atoms with Gasteiger partial charge in [0.25, 0.3) is 0 Å². The molecule has 1 aromatic heterocycles. The molecule has 0 amide bonds. The van der Waals surface area contributed by atoms with Crippen LogP contribution in [0.25, 0.3) is 39.5 Å². The van der Waals surface area contributed by atoms with Gasteiger partial charge in [-0.25, -0.2) is 0 Å². The first-order valence-electron chi connectivity index (χ1n) is 8.19. The number of fused-ring (bicyclic) bond motifs is 1. The summed E-state index contributed by atoms with van der Waals surface area (Å²) in [5.41, 5.74) is 5.02. The minimum atomic E-state index is 0.783. The molecule has 0 saturated carbocycles. The van der Waals surface area contributed by atoms with Crippen molar-refractivity contribution in [3.8, 4) is 28.2 Å². The van der Waals surface area contributed by atoms with E-state index in [-0.39, 0.29) is 0 Å². The number of methoxy groups -OCH3 is 1. The number of furan rings is 1. The lowest BCUT2D eigenvalue weighted by molar-refractivity contribution is 0.414. The fourth-order valence-corrected chi connectivity index (χ4v) is 3.21. The van der Waals surface area contributed by atoms with Gasteiger partial charge in [-0.15, -0.1) is 0 Å². The zero-order valence-corrected chi connectivity index (χ0v) is 14.0. The highest BCUT2D eigenvalue weighted by atomic mass is 16.5. The lowest BCUT2D eigenvalue weighted by Gasteiger charge is -2.15. The summed E-state index contributed by atoms with van der Waals surface area (Å²) in [5, 5.41) is 1.08. The van der Waals surface area contributed by atoms with E-state index in [1.54, 1.807) is 7.11 Å². The number of rotatable bonds is 4. The monoisotopic (exact) mass is 326 g/mol. The van der Waals surface area contributed by atoms with Crippen LogP contribution in [0.2, 0.25) is 0 Å². The van der Waals surface area contributed by atoms with Crippen molar-refractivity contribution in [3.05, 3.63) is 84.9 Å². The maximum atomic E-state index is 6.15. The van der Waals surface area contributed by atoms with E-state index in [1.165, 1.54) is 0 Å². The van der Waals surface area contributed by atoms with Crippen molar-refractivity contribution >= 4 is 17.0 Å². The molecular formula is C23H18O2. The second-order valence-corrected chi connectivity index (χ2v) is 5.82. The Kier molecular flexibility index (Phi) is 3.87. The zero-order valence-electron chi connectivity index (χ0n) is 14.0. The van der Waals surface area contributed by atoms with Crippen molar-refractivity contribution in [2.75, 3.05) is 7.11 Å². The summed E-state index contributed by atoms with van der Waals surface area (Å²) in [6.07, 6.45) is 1.83. The Balaban J connectivity index is 2.05. The van der Waals surface area contributed by atoms with Crippen molar-refractivity contribution in [2.24, 2.45) is 0 Å². The fourth-order valence-electron chi connectivity index (χ4n) is 3.21. The van der Waals surface area contributed by atoms with Crippen molar-refractivity contribution in [3.63, 3.8) is 0 Å². The lowest BCUT2D eigenvalue weighted by atomic mass is 9.93. The molecule has 0 saturated heterocycles. The van der Waals surface area contributed by atoms with Gasteiger partial charge in [0.1, 0.15) is 17.1 Å². The van der Waals surface area contributed by atoms with E-state index in [1.807, 2.05) is 48.5 Å². The molecule has 4 rings (SSSR count). The Hall–Kier alpha value is -3.26. The highest BCUT2D eigenvalue weighted by Gasteiger charge is 2.18. The van der Waals surface area contributed by atoms with Crippen LogP contribution in [0, 0.1) is 0 Å². The first-order valence-corrected chi connectivity index (χ1v) is 8.19. The van der Waals surface area contributed by atoms with Crippen molar-refractivity contribution in [2.45, 2.75) is 0 Å². The molecule has 0 unspecified atom stereocenters. The molecule has 122 valence electrons. The first kappa shape index (κ1) is 15.3. The van der Waals surface area contributed by atoms with E-state index < -0.39 is 0 Å². The molecule has 0 aliphatic rings. The van der Waals surface area contributed by atoms with Crippen molar-refractivity contribution in [1.82, 2.24) is 0 Å². The Bertz CT molecular complexity index is 1010. The van der Waals surface area contributed by atoms with Gasteiger partial charge in [-0.1, -0.05) is 61.2 Å². The van der Waals surface area contributed by atoms with Crippen LogP contribution >= 0.6 is 0 Å². The largest absolute Gasteiger partial charge is 0.496 e. The summed E-state index contributed by atoms with van der Waals surface area (Å²) in [7, 11) is 1.67. The molecule has 0 radical (unpaired) electrons. The van der Waals surface area contributed by atoms with Crippen LogP contribution in [0.4, 0.5) is 0 Å². The van der Waals surface area contributed by atoms with Gasteiger partial charge >= 0.3 is 0 Å². The molecule has 0 spiro atoms. The second-order valence-electron chi connectivity index (χ2n) is 5.82. The maximum Gasteiger partial charge on any atom is 0.136 e. The molecule has 0 bridgehead atoms. The number of hydrogen-bond donors (Lipinski definition) is 0. The van der Waals surface area contributed by atoms with E-state index >= 15 is 0 Å². The second kappa shape index (κ2) is 6.33. The maximum absolute atomic E-state index is 6.15. The molecular weight excluding hydrogens is 308 g/mol. The predicted molar refractivity (Wildman–Crippen MR) is 104 cm³/mol. The molecule has 2 heteroatoms. The van der Waals surface area contributed by atoms with Gasteiger partial charge in [0.15, 0.2) is 0 Å². The molecule has 1 heterocycles. The van der Waals surface area contributed by atoms with E-state index in [0.717, 1.165) is 44.7 Å². The Morgan fingerprint density at radius 2 is 1.68 bits per heavy atom. The van der Waals surface area contributed by atoms with Crippen LogP contribution in [0.5, 0.6) is 5.75 Å². The van der Waals surface area contributed by atoms with Crippen LogP contribution in [-0.4, -0.2) is 7.11 Å². The average Bonchev–Trinajstić information content (AvgIpc) is 3.11. The summed E-state index contributed by atoms with van der Waals surface area (Å²) in [5.74, 6) is 1.60. The Labute approximate surface area is 147 Å². The molecule has 0 atom stereocenters. The minimum Gasteiger partial charge on any atom is -0.496 e. The van der Waals surface area contributed by atoms with E-state index in [2.05, 4.69) is 36.9 Å². The summed E-state index contributed by atoms with van der Waals surface area (Å²) in [6.45, 7) is 3.99. The molecule has 4 aromatic rings. The summed E-state index contributed by atoms with van der Waals surface area (Å²) < 4.78 is 11.7. The van der Waals surface area contributed by atoms with Gasteiger partial charge in [-0.2, -0.15) is 0 Å². The van der Waals surface area contributed by atoms with E-state index in [4.69, 9.17) is 9.15 Å². The molecule has 3 aromatic carbocycles. The molecule has 0 aliphatic heterocycles. The lowest BCUT2D eigenvalue weighted by Crippen LogP contribution is -1.93. The third-order valence-electron chi connectivity index (χ3n) is 4.39. The number of para-hydroxylation sites is 1. The van der Waals surface area contributed by atoms with Gasteiger partial charge in [-0.05, 0) is 35.4 Å². The highest BCUT2D eigenvalue weighted by molar-refractivity contribution is 5.93. The van der Waals surface area contributed by atoms with Crippen LogP contribution < -0.4 is 4.74 Å². The third kappa shape index (κ3) is 2.62. The SMILES string of the molecule is C=Cc1c(OC)ccc(-c2ccccc2)c1-c1cc2ccccc2o1. The van der Waals surface area contributed by atoms with Gasteiger partial charge in [-0.3, -0.25) is 0 Å². The number of benzene rings is 3. The summed E-state index contributed by atoms with van der Waals surface area (Å²) in [4.78, 5) is 0.